The normalized spacial score (nSPS) is 13.5. The van der Waals surface area contributed by atoms with E-state index in [0.29, 0.717) is 18.5 Å². The minimum absolute atomic E-state index is 0.0806. The largest absolute Gasteiger partial charge is 0.393 e. The molecule has 0 aliphatic heterocycles. The number of amides is 1. The summed E-state index contributed by atoms with van der Waals surface area (Å²) in [4.78, 5) is 14.5. The van der Waals surface area contributed by atoms with Crippen molar-refractivity contribution in [3.63, 3.8) is 0 Å². The summed E-state index contributed by atoms with van der Waals surface area (Å²) in [6.07, 6.45) is 0.207. The van der Waals surface area contributed by atoms with Crippen molar-refractivity contribution in [3.8, 4) is 0 Å². The fourth-order valence-corrected chi connectivity index (χ4v) is 2.92. The average molecular weight is 340 g/mol. The van der Waals surface area contributed by atoms with Gasteiger partial charge in [-0.2, -0.15) is 0 Å². The lowest BCUT2D eigenvalue weighted by molar-refractivity contribution is 0.0945. The van der Waals surface area contributed by atoms with Gasteiger partial charge in [0.25, 0.3) is 5.91 Å². The monoisotopic (exact) mass is 340 g/mol. The van der Waals surface area contributed by atoms with Crippen LogP contribution in [-0.2, 0) is 6.54 Å². The summed E-state index contributed by atoms with van der Waals surface area (Å²) in [6.45, 7) is 3.14. The first-order valence-corrected chi connectivity index (χ1v) is 8.70. The lowest BCUT2D eigenvalue weighted by atomic mass is 9.93. The number of aliphatic hydroxyl groups is 1. The first-order chi connectivity index (χ1) is 12.0. The van der Waals surface area contributed by atoms with Crippen LogP contribution in [0.3, 0.4) is 0 Å². The summed E-state index contributed by atoms with van der Waals surface area (Å²) in [5, 5.41) is 12.8. The van der Waals surface area contributed by atoms with E-state index in [2.05, 4.69) is 10.2 Å². The van der Waals surface area contributed by atoms with Crippen LogP contribution in [0.15, 0.2) is 54.6 Å². The number of rotatable bonds is 8. The van der Waals surface area contributed by atoms with E-state index < -0.39 is 6.10 Å². The van der Waals surface area contributed by atoms with Crippen LogP contribution >= 0.6 is 0 Å². The van der Waals surface area contributed by atoms with Gasteiger partial charge in [0.1, 0.15) is 0 Å². The van der Waals surface area contributed by atoms with Crippen LogP contribution < -0.4 is 5.32 Å². The zero-order valence-electron chi connectivity index (χ0n) is 15.3. The van der Waals surface area contributed by atoms with Crippen molar-refractivity contribution < 1.29 is 9.90 Å². The summed E-state index contributed by atoms with van der Waals surface area (Å²) >= 11 is 0. The van der Waals surface area contributed by atoms with Crippen molar-refractivity contribution in [1.82, 2.24) is 10.2 Å². The van der Waals surface area contributed by atoms with Crippen molar-refractivity contribution in [3.05, 3.63) is 71.3 Å². The van der Waals surface area contributed by atoms with Crippen LogP contribution in [0.2, 0.25) is 0 Å². The third kappa shape index (κ3) is 6.33. The molecular formula is C21H28N2O2. The molecule has 0 heterocycles. The predicted molar refractivity (Wildman–Crippen MR) is 102 cm³/mol. The Hall–Kier alpha value is -2.17. The van der Waals surface area contributed by atoms with Crippen LogP contribution in [0, 0.1) is 0 Å². The maximum atomic E-state index is 12.4. The van der Waals surface area contributed by atoms with Gasteiger partial charge >= 0.3 is 0 Å². The van der Waals surface area contributed by atoms with Gasteiger partial charge < -0.3 is 15.3 Å². The molecule has 2 rings (SSSR count). The van der Waals surface area contributed by atoms with Gasteiger partial charge in [-0.05, 0) is 50.7 Å². The van der Waals surface area contributed by atoms with Gasteiger partial charge in [-0.1, -0.05) is 42.5 Å². The summed E-state index contributed by atoms with van der Waals surface area (Å²) in [5.74, 6) is 0.0149. The van der Waals surface area contributed by atoms with E-state index in [1.807, 2.05) is 68.7 Å². The van der Waals surface area contributed by atoms with E-state index in [4.69, 9.17) is 0 Å². The van der Waals surface area contributed by atoms with Crippen LogP contribution in [0.5, 0.6) is 0 Å². The molecule has 0 aliphatic carbocycles. The molecule has 0 saturated heterocycles. The zero-order valence-corrected chi connectivity index (χ0v) is 15.3. The second-order valence-corrected chi connectivity index (χ2v) is 6.84. The third-order valence-electron chi connectivity index (χ3n) is 4.12. The second-order valence-electron chi connectivity index (χ2n) is 6.84. The van der Waals surface area contributed by atoms with E-state index in [9.17, 15) is 9.90 Å². The number of hydrogen-bond donors (Lipinski definition) is 2. The number of nitrogens with one attached hydrogen (secondary N) is 1. The highest BCUT2D eigenvalue weighted by atomic mass is 16.3. The van der Waals surface area contributed by atoms with E-state index in [-0.39, 0.29) is 11.8 Å². The molecule has 0 saturated carbocycles. The predicted octanol–water partition coefficient (Wildman–Crippen LogP) is 3.03. The number of carbonyl (C=O) groups excluding carboxylic acids is 1. The maximum absolute atomic E-state index is 12.4. The zero-order chi connectivity index (χ0) is 18.2. The first-order valence-electron chi connectivity index (χ1n) is 8.70. The Morgan fingerprint density at radius 1 is 1.08 bits per heavy atom. The molecule has 25 heavy (non-hydrogen) atoms. The fourth-order valence-electron chi connectivity index (χ4n) is 2.92. The van der Waals surface area contributed by atoms with E-state index in [0.717, 1.165) is 12.1 Å². The lowest BCUT2D eigenvalue weighted by Gasteiger charge is -2.19. The highest BCUT2D eigenvalue weighted by Crippen LogP contribution is 2.20. The SMILES string of the molecule is CC(O)CC(CNC(=O)c1ccc(CN(C)C)cc1)c1ccccc1. The number of nitrogens with zero attached hydrogens (tertiary/aromatic N) is 1. The third-order valence-corrected chi connectivity index (χ3v) is 4.12. The molecule has 0 radical (unpaired) electrons. The molecule has 2 unspecified atom stereocenters. The minimum atomic E-state index is -0.410. The van der Waals surface area contributed by atoms with Crippen molar-refractivity contribution in [2.75, 3.05) is 20.6 Å². The topological polar surface area (TPSA) is 52.6 Å². The van der Waals surface area contributed by atoms with Gasteiger partial charge in [-0.25, -0.2) is 0 Å². The molecule has 134 valence electrons. The molecule has 0 aliphatic rings. The summed E-state index contributed by atoms with van der Waals surface area (Å²) in [5.41, 5.74) is 2.97. The molecule has 2 atom stereocenters. The molecule has 0 bridgehead atoms. The lowest BCUT2D eigenvalue weighted by Crippen LogP contribution is -2.29. The van der Waals surface area contributed by atoms with E-state index in [1.165, 1.54) is 5.56 Å². The first kappa shape index (κ1) is 19.2. The van der Waals surface area contributed by atoms with Crippen molar-refractivity contribution >= 4 is 5.91 Å². The van der Waals surface area contributed by atoms with Crippen molar-refractivity contribution in [1.29, 1.82) is 0 Å². The Morgan fingerprint density at radius 3 is 2.28 bits per heavy atom. The molecule has 2 aromatic carbocycles. The molecule has 4 nitrogen and oxygen atoms in total. The number of aliphatic hydroxyl groups excluding tert-OH is 1. The van der Waals surface area contributed by atoms with Gasteiger partial charge in [0, 0.05) is 24.6 Å². The van der Waals surface area contributed by atoms with Crippen molar-refractivity contribution in [2.24, 2.45) is 0 Å². The molecule has 0 fully saturated rings. The molecule has 0 aromatic heterocycles. The molecule has 2 N–H and O–H groups in total. The highest BCUT2D eigenvalue weighted by molar-refractivity contribution is 5.94. The van der Waals surface area contributed by atoms with Crippen LogP contribution in [0.1, 0.15) is 40.7 Å². The van der Waals surface area contributed by atoms with Crippen LogP contribution in [-0.4, -0.2) is 42.7 Å². The molecule has 2 aromatic rings. The van der Waals surface area contributed by atoms with Crippen molar-refractivity contribution in [2.45, 2.75) is 31.9 Å². The standard InChI is InChI=1S/C21H28N2O2/c1-16(24)13-20(18-7-5-4-6-8-18)14-22-21(25)19-11-9-17(10-12-19)15-23(2)3/h4-12,16,20,24H,13-15H2,1-3H3,(H,22,25). The Morgan fingerprint density at radius 2 is 1.72 bits per heavy atom. The number of benzene rings is 2. The van der Waals surface area contributed by atoms with Crippen LogP contribution in [0.4, 0.5) is 0 Å². The second kappa shape index (κ2) is 9.35. The van der Waals surface area contributed by atoms with E-state index in [1.54, 1.807) is 6.92 Å². The van der Waals surface area contributed by atoms with Gasteiger partial charge in [0.2, 0.25) is 0 Å². The minimum Gasteiger partial charge on any atom is -0.393 e. The summed E-state index contributed by atoms with van der Waals surface area (Å²) in [7, 11) is 4.04. The Bertz CT molecular complexity index is 651. The van der Waals surface area contributed by atoms with Crippen LogP contribution in [0.25, 0.3) is 0 Å². The fraction of sp³-hybridized carbons (Fsp3) is 0.381. The number of carbonyl (C=O) groups is 1. The Kier molecular flexibility index (Phi) is 7.16. The quantitative estimate of drug-likeness (QED) is 0.777. The average Bonchev–Trinajstić information content (AvgIpc) is 2.59. The molecule has 4 heteroatoms. The summed E-state index contributed by atoms with van der Waals surface area (Å²) < 4.78 is 0. The van der Waals surface area contributed by atoms with Gasteiger partial charge in [0.05, 0.1) is 6.10 Å². The van der Waals surface area contributed by atoms with Gasteiger partial charge in [0.15, 0.2) is 0 Å². The van der Waals surface area contributed by atoms with Gasteiger partial charge in [-0.3, -0.25) is 4.79 Å². The number of hydrogen-bond acceptors (Lipinski definition) is 3. The molecule has 1 amide bonds. The van der Waals surface area contributed by atoms with E-state index >= 15 is 0 Å². The Balaban J connectivity index is 1.98. The highest BCUT2D eigenvalue weighted by Gasteiger charge is 2.16. The molecule has 0 spiro atoms. The summed E-state index contributed by atoms with van der Waals surface area (Å²) in [6, 6.07) is 17.7. The Labute approximate surface area is 150 Å². The molecular weight excluding hydrogens is 312 g/mol. The maximum Gasteiger partial charge on any atom is 0.251 e. The van der Waals surface area contributed by atoms with Gasteiger partial charge in [-0.15, -0.1) is 0 Å². The smallest absolute Gasteiger partial charge is 0.251 e.